The molecule has 2 N–H and O–H groups in total. The summed E-state index contributed by atoms with van der Waals surface area (Å²) in [4.78, 5) is 14.1. The van der Waals surface area contributed by atoms with E-state index in [0.717, 1.165) is 12.0 Å². The Morgan fingerprint density at radius 2 is 2.10 bits per heavy atom. The van der Waals surface area contributed by atoms with Gasteiger partial charge in [-0.2, -0.15) is 0 Å². The third-order valence-corrected chi connectivity index (χ3v) is 4.20. The molecule has 0 fully saturated rings. The Bertz CT molecular complexity index is 473. The summed E-state index contributed by atoms with van der Waals surface area (Å²) in [6.07, 6.45) is 0.843. The standard InChI is InChI=1S/C16H24N2O2/c1-11(2)12(3)17-16(20)18-9-8-13-6-4-5-7-14(13)15(18)10-19/h4-7,11-12,15,19H,8-10H2,1-3H3,(H,17,20). The fourth-order valence-corrected chi connectivity index (χ4v) is 2.54. The third-order valence-electron chi connectivity index (χ3n) is 4.20. The second-order valence-corrected chi connectivity index (χ2v) is 5.82. The lowest BCUT2D eigenvalue weighted by Crippen LogP contribution is -2.50. The lowest BCUT2D eigenvalue weighted by Gasteiger charge is -2.37. The van der Waals surface area contributed by atoms with Gasteiger partial charge < -0.3 is 15.3 Å². The van der Waals surface area contributed by atoms with Crippen LogP contribution in [0.15, 0.2) is 24.3 Å². The van der Waals surface area contributed by atoms with Gasteiger partial charge in [-0.3, -0.25) is 0 Å². The number of carbonyl (C=O) groups is 1. The van der Waals surface area contributed by atoms with E-state index in [2.05, 4.69) is 25.2 Å². The maximum atomic E-state index is 12.4. The van der Waals surface area contributed by atoms with Crippen molar-refractivity contribution in [1.29, 1.82) is 0 Å². The molecule has 4 heteroatoms. The Morgan fingerprint density at radius 1 is 1.40 bits per heavy atom. The van der Waals surface area contributed by atoms with Crippen LogP contribution in [0.2, 0.25) is 0 Å². The fourth-order valence-electron chi connectivity index (χ4n) is 2.54. The lowest BCUT2D eigenvalue weighted by atomic mass is 9.93. The Hall–Kier alpha value is -1.55. The van der Waals surface area contributed by atoms with Gasteiger partial charge in [-0.15, -0.1) is 0 Å². The van der Waals surface area contributed by atoms with E-state index in [1.54, 1.807) is 4.90 Å². The zero-order valence-electron chi connectivity index (χ0n) is 12.5. The molecule has 0 aromatic heterocycles. The Balaban J connectivity index is 2.15. The van der Waals surface area contributed by atoms with Crippen LogP contribution in [0.4, 0.5) is 4.79 Å². The van der Waals surface area contributed by atoms with E-state index < -0.39 is 0 Å². The fraction of sp³-hybridized carbons (Fsp3) is 0.562. The molecule has 1 aromatic carbocycles. The van der Waals surface area contributed by atoms with Crippen molar-refractivity contribution >= 4 is 6.03 Å². The number of aliphatic hydroxyl groups excluding tert-OH is 1. The summed E-state index contributed by atoms with van der Waals surface area (Å²) in [5.74, 6) is 0.392. The molecule has 1 heterocycles. The zero-order valence-corrected chi connectivity index (χ0v) is 12.5. The van der Waals surface area contributed by atoms with Crippen molar-refractivity contribution in [1.82, 2.24) is 10.2 Å². The summed E-state index contributed by atoms with van der Waals surface area (Å²) in [6, 6.07) is 7.84. The molecule has 0 bridgehead atoms. The summed E-state index contributed by atoms with van der Waals surface area (Å²) in [5, 5.41) is 12.7. The number of aliphatic hydroxyl groups is 1. The molecule has 110 valence electrons. The van der Waals surface area contributed by atoms with Gasteiger partial charge in [0.05, 0.1) is 12.6 Å². The van der Waals surface area contributed by atoms with Gasteiger partial charge in [0.2, 0.25) is 0 Å². The number of rotatable bonds is 3. The second kappa shape index (κ2) is 6.27. The van der Waals surface area contributed by atoms with Crippen LogP contribution in [0.25, 0.3) is 0 Å². The van der Waals surface area contributed by atoms with Gasteiger partial charge in [-0.05, 0) is 30.4 Å². The van der Waals surface area contributed by atoms with E-state index >= 15 is 0 Å². The van der Waals surface area contributed by atoms with Crippen molar-refractivity contribution in [3.63, 3.8) is 0 Å². The van der Waals surface area contributed by atoms with Crippen LogP contribution in [0.1, 0.15) is 37.9 Å². The number of nitrogens with zero attached hydrogens (tertiary/aromatic N) is 1. The second-order valence-electron chi connectivity index (χ2n) is 5.82. The van der Waals surface area contributed by atoms with E-state index in [9.17, 15) is 9.90 Å². The number of amides is 2. The van der Waals surface area contributed by atoms with Gasteiger partial charge in [0.1, 0.15) is 0 Å². The summed E-state index contributed by atoms with van der Waals surface area (Å²) < 4.78 is 0. The molecule has 0 spiro atoms. The van der Waals surface area contributed by atoms with Gasteiger partial charge >= 0.3 is 6.03 Å². The molecule has 2 atom stereocenters. The smallest absolute Gasteiger partial charge is 0.318 e. The molecular formula is C16H24N2O2. The molecule has 0 saturated carbocycles. The highest BCUT2D eigenvalue weighted by Crippen LogP contribution is 2.29. The number of hydrogen-bond acceptors (Lipinski definition) is 2. The summed E-state index contributed by atoms with van der Waals surface area (Å²) in [7, 11) is 0. The van der Waals surface area contributed by atoms with Crippen molar-refractivity contribution in [3.05, 3.63) is 35.4 Å². The van der Waals surface area contributed by atoms with Gasteiger partial charge in [0, 0.05) is 12.6 Å². The first-order chi connectivity index (χ1) is 9.54. The van der Waals surface area contributed by atoms with Crippen molar-refractivity contribution in [2.45, 2.75) is 39.3 Å². The molecule has 2 unspecified atom stereocenters. The van der Waals surface area contributed by atoms with Gasteiger partial charge in [-0.25, -0.2) is 4.79 Å². The quantitative estimate of drug-likeness (QED) is 0.890. The summed E-state index contributed by atoms with van der Waals surface area (Å²) in [5.41, 5.74) is 2.29. The van der Waals surface area contributed by atoms with Crippen molar-refractivity contribution in [2.75, 3.05) is 13.2 Å². The van der Waals surface area contributed by atoms with Crippen LogP contribution in [-0.4, -0.2) is 35.2 Å². The predicted octanol–water partition coefficient (Wildman–Crippen LogP) is 2.33. The normalized spacial score (nSPS) is 19.6. The van der Waals surface area contributed by atoms with Gasteiger partial charge in [-0.1, -0.05) is 38.1 Å². The van der Waals surface area contributed by atoms with E-state index in [1.165, 1.54) is 5.56 Å². The minimum absolute atomic E-state index is 0.0412. The number of hydrogen-bond donors (Lipinski definition) is 2. The molecule has 0 saturated heterocycles. The number of carbonyl (C=O) groups excluding carboxylic acids is 1. The van der Waals surface area contributed by atoms with E-state index in [-0.39, 0.29) is 24.7 Å². The van der Waals surface area contributed by atoms with E-state index in [1.807, 2.05) is 25.1 Å². The molecule has 1 aliphatic heterocycles. The van der Waals surface area contributed by atoms with Gasteiger partial charge in [0.15, 0.2) is 0 Å². The highest BCUT2D eigenvalue weighted by Gasteiger charge is 2.30. The average molecular weight is 276 g/mol. The molecular weight excluding hydrogens is 252 g/mol. The molecule has 0 aliphatic carbocycles. The number of fused-ring (bicyclic) bond motifs is 1. The van der Waals surface area contributed by atoms with Crippen molar-refractivity contribution < 1.29 is 9.90 Å². The molecule has 0 radical (unpaired) electrons. The SMILES string of the molecule is CC(C)C(C)NC(=O)N1CCc2ccccc2C1CO. The van der Waals surface area contributed by atoms with E-state index in [0.29, 0.717) is 12.5 Å². The Kier molecular flexibility index (Phi) is 4.65. The van der Waals surface area contributed by atoms with Crippen LogP contribution >= 0.6 is 0 Å². The van der Waals surface area contributed by atoms with Crippen LogP contribution in [0.3, 0.4) is 0 Å². The largest absolute Gasteiger partial charge is 0.394 e. The average Bonchev–Trinajstić information content (AvgIpc) is 2.45. The first kappa shape index (κ1) is 14.9. The predicted molar refractivity (Wildman–Crippen MR) is 79.5 cm³/mol. The Morgan fingerprint density at radius 3 is 2.75 bits per heavy atom. The molecule has 1 aromatic rings. The monoisotopic (exact) mass is 276 g/mol. The minimum atomic E-state index is -0.237. The highest BCUT2D eigenvalue weighted by atomic mass is 16.3. The maximum Gasteiger partial charge on any atom is 0.318 e. The number of nitrogens with one attached hydrogen (secondary N) is 1. The molecule has 2 rings (SSSR count). The lowest BCUT2D eigenvalue weighted by molar-refractivity contribution is 0.124. The molecule has 4 nitrogen and oxygen atoms in total. The van der Waals surface area contributed by atoms with Crippen molar-refractivity contribution in [2.24, 2.45) is 5.92 Å². The van der Waals surface area contributed by atoms with Crippen LogP contribution in [0, 0.1) is 5.92 Å². The molecule has 2 amide bonds. The highest BCUT2D eigenvalue weighted by molar-refractivity contribution is 5.75. The molecule has 20 heavy (non-hydrogen) atoms. The van der Waals surface area contributed by atoms with Crippen LogP contribution < -0.4 is 5.32 Å². The van der Waals surface area contributed by atoms with Crippen LogP contribution in [-0.2, 0) is 6.42 Å². The third kappa shape index (κ3) is 2.96. The van der Waals surface area contributed by atoms with Crippen molar-refractivity contribution in [3.8, 4) is 0 Å². The first-order valence-corrected chi connectivity index (χ1v) is 7.30. The number of urea groups is 1. The first-order valence-electron chi connectivity index (χ1n) is 7.30. The van der Waals surface area contributed by atoms with Crippen LogP contribution in [0.5, 0.6) is 0 Å². The minimum Gasteiger partial charge on any atom is -0.394 e. The summed E-state index contributed by atoms with van der Waals surface area (Å²) in [6.45, 7) is 6.79. The van der Waals surface area contributed by atoms with Gasteiger partial charge in [0.25, 0.3) is 0 Å². The zero-order chi connectivity index (χ0) is 14.7. The maximum absolute atomic E-state index is 12.4. The van der Waals surface area contributed by atoms with E-state index in [4.69, 9.17) is 0 Å². The number of benzene rings is 1. The Labute approximate surface area is 120 Å². The topological polar surface area (TPSA) is 52.6 Å². The summed E-state index contributed by atoms with van der Waals surface area (Å²) >= 11 is 0. The molecule has 1 aliphatic rings.